The summed E-state index contributed by atoms with van der Waals surface area (Å²) in [5.74, 6) is -2.35. The molecule has 4 unspecified atom stereocenters. The maximum Gasteiger partial charge on any atom is 0.326 e. The standard InChI is InChI=1S/C24H47N5O5/c1-14(2)11-18(27-21(30)17(26)9-7-8-10-25)22(31)28-19(12-15(3)4)23(32)29-20(24(33)34)13-16(5)6/h14-20H,7-13,25-26H2,1-6H3,(H,27,30)(H,28,31)(H,29,32)(H,33,34). The molecule has 0 spiro atoms. The fourth-order valence-corrected chi connectivity index (χ4v) is 3.56. The van der Waals surface area contributed by atoms with Gasteiger partial charge in [-0.1, -0.05) is 48.0 Å². The Bertz CT molecular complexity index is 654. The van der Waals surface area contributed by atoms with Crippen molar-refractivity contribution in [2.75, 3.05) is 6.54 Å². The molecule has 34 heavy (non-hydrogen) atoms. The topological polar surface area (TPSA) is 177 Å². The first-order chi connectivity index (χ1) is 15.8. The quantitative estimate of drug-likeness (QED) is 0.167. The Kier molecular flexibility index (Phi) is 15.4. The zero-order valence-electron chi connectivity index (χ0n) is 21.7. The monoisotopic (exact) mass is 485 g/mol. The predicted octanol–water partition coefficient (Wildman–Crippen LogP) is 1.12. The molecule has 0 radical (unpaired) electrons. The summed E-state index contributed by atoms with van der Waals surface area (Å²) in [5, 5.41) is 17.5. The Morgan fingerprint density at radius 3 is 1.44 bits per heavy atom. The summed E-state index contributed by atoms with van der Waals surface area (Å²) < 4.78 is 0. The van der Waals surface area contributed by atoms with E-state index in [1.165, 1.54) is 0 Å². The van der Waals surface area contributed by atoms with Gasteiger partial charge in [0, 0.05) is 0 Å². The van der Waals surface area contributed by atoms with Crippen LogP contribution in [0.25, 0.3) is 0 Å². The number of hydrogen-bond donors (Lipinski definition) is 6. The van der Waals surface area contributed by atoms with E-state index in [1.54, 1.807) is 0 Å². The molecule has 0 bridgehead atoms. The third-order valence-electron chi connectivity index (χ3n) is 5.31. The number of hydrogen-bond acceptors (Lipinski definition) is 6. The van der Waals surface area contributed by atoms with Gasteiger partial charge in [-0.3, -0.25) is 14.4 Å². The number of amides is 3. The van der Waals surface area contributed by atoms with Crippen molar-refractivity contribution in [1.29, 1.82) is 0 Å². The van der Waals surface area contributed by atoms with Crippen LogP contribution in [0.3, 0.4) is 0 Å². The van der Waals surface area contributed by atoms with E-state index in [0.29, 0.717) is 32.2 Å². The lowest BCUT2D eigenvalue weighted by molar-refractivity contribution is -0.143. The van der Waals surface area contributed by atoms with Crippen molar-refractivity contribution in [2.45, 2.75) is 104 Å². The van der Waals surface area contributed by atoms with E-state index in [9.17, 15) is 24.3 Å². The molecule has 0 aliphatic heterocycles. The SMILES string of the molecule is CC(C)CC(NC(=O)C(CC(C)C)NC(=O)C(CC(C)C)NC(=O)C(N)CCCCN)C(=O)O. The fourth-order valence-electron chi connectivity index (χ4n) is 3.56. The number of unbranched alkanes of at least 4 members (excludes halogenated alkanes) is 1. The summed E-state index contributed by atoms with van der Waals surface area (Å²) in [6, 6.07) is -3.58. The summed E-state index contributed by atoms with van der Waals surface area (Å²) in [4.78, 5) is 50.2. The van der Waals surface area contributed by atoms with Gasteiger partial charge >= 0.3 is 5.97 Å². The fraction of sp³-hybridized carbons (Fsp3) is 0.833. The third-order valence-corrected chi connectivity index (χ3v) is 5.31. The number of carbonyl (C=O) groups excluding carboxylic acids is 3. The average Bonchev–Trinajstić information content (AvgIpc) is 2.71. The molecule has 0 rings (SSSR count). The van der Waals surface area contributed by atoms with Crippen LogP contribution in [0.2, 0.25) is 0 Å². The lowest BCUT2D eigenvalue weighted by atomic mass is 9.98. The maximum absolute atomic E-state index is 13.1. The highest BCUT2D eigenvalue weighted by molar-refractivity contribution is 5.94. The summed E-state index contributed by atoms with van der Waals surface area (Å²) in [7, 11) is 0. The number of carbonyl (C=O) groups is 4. The van der Waals surface area contributed by atoms with E-state index in [0.717, 1.165) is 6.42 Å². The van der Waals surface area contributed by atoms with Gasteiger partial charge in [0.05, 0.1) is 6.04 Å². The predicted molar refractivity (Wildman–Crippen MR) is 133 cm³/mol. The largest absolute Gasteiger partial charge is 0.480 e. The van der Waals surface area contributed by atoms with Crippen molar-refractivity contribution in [1.82, 2.24) is 16.0 Å². The molecular weight excluding hydrogens is 438 g/mol. The summed E-state index contributed by atoms with van der Waals surface area (Å²) in [6.45, 7) is 11.9. The van der Waals surface area contributed by atoms with Gasteiger partial charge in [0.25, 0.3) is 0 Å². The second kappa shape index (κ2) is 16.4. The molecule has 0 saturated heterocycles. The number of aliphatic carboxylic acids is 1. The lowest BCUT2D eigenvalue weighted by Crippen LogP contribution is -2.57. The molecule has 0 fully saturated rings. The zero-order valence-corrected chi connectivity index (χ0v) is 21.7. The van der Waals surface area contributed by atoms with Gasteiger partial charge < -0.3 is 32.5 Å². The van der Waals surface area contributed by atoms with Crippen molar-refractivity contribution in [3.05, 3.63) is 0 Å². The first-order valence-corrected chi connectivity index (χ1v) is 12.4. The number of rotatable bonds is 17. The van der Waals surface area contributed by atoms with E-state index < -0.39 is 47.9 Å². The van der Waals surface area contributed by atoms with Crippen LogP contribution >= 0.6 is 0 Å². The smallest absolute Gasteiger partial charge is 0.326 e. The second-order valence-corrected chi connectivity index (χ2v) is 10.3. The number of carboxylic acids is 1. The molecule has 0 aliphatic rings. The van der Waals surface area contributed by atoms with E-state index in [4.69, 9.17) is 11.5 Å². The molecule has 198 valence electrons. The van der Waals surface area contributed by atoms with Crippen LogP contribution in [-0.4, -0.2) is 59.5 Å². The van der Waals surface area contributed by atoms with E-state index >= 15 is 0 Å². The van der Waals surface area contributed by atoms with Crippen molar-refractivity contribution in [3.8, 4) is 0 Å². The Labute approximate surface area is 204 Å². The molecule has 10 nitrogen and oxygen atoms in total. The van der Waals surface area contributed by atoms with Gasteiger partial charge in [-0.05, 0) is 56.4 Å². The van der Waals surface area contributed by atoms with Gasteiger partial charge in [-0.15, -0.1) is 0 Å². The van der Waals surface area contributed by atoms with E-state index in [1.807, 2.05) is 41.5 Å². The summed E-state index contributed by atoms with van der Waals surface area (Å²) in [5.41, 5.74) is 11.5. The maximum atomic E-state index is 13.1. The molecule has 0 heterocycles. The third kappa shape index (κ3) is 13.5. The van der Waals surface area contributed by atoms with Crippen molar-refractivity contribution in [3.63, 3.8) is 0 Å². The first-order valence-electron chi connectivity index (χ1n) is 12.4. The Morgan fingerprint density at radius 2 is 1.06 bits per heavy atom. The van der Waals surface area contributed by atoms with Crippen LogP contribution in [0.5, 0.6) is 0 Å². The minimum absolute atomic E-state index is 0.0681. The van der Waals surface area contributed by atoms with Crippen LogP contribution in [0.4, 0.5) is 0 Å². The van der Waals surface area contributed by atoms with Gasteiger partial charge in [0.2, 0.25) is 17.7 Å². The van der Waals surface area contributed by atoms with Gasteiger partial charge in [0.1, 0.15) is 18.1 Å². The Morgan fingerprint density at radius 1 is 0.676 bits per heavy atom. The molecular formula is C24H47N5O5. The van der Waals surface area contributed by atoms with Crippen molar-refractivity contribution < 1.29 is 24.3 Å². The molecule has 10 heteroatoms. The van der Waals surface area contributed by atoms with Gasteiger partial charge in [-0.2, -0.15) is 0 Å². The lowest BCUT2D eigenvalue weighted by Gasteiger charge is -2.27. The second-order valence-electron chi connectivity index (χ2n) is 10.3. The van der Waals surface area contributed by atoms with E-state index in [2.05, 4.69) is 16.0 Å². The number of nitrogens with two attached hydrogens (primary N) is 2. The van der Waals surface area contributed by atoms with Crippen LogP contribution in [0.1, 0.15) is 80.1 Å². The zero-order chi connectivity index (χ0) is 26.4. The number of nitrogens with one attached hydrogen (secondary N) is 3. The van der Waals surface area contributed by atoms with Gasteiger partial charge in [-0.25, -0.2) is 4.79 Å². The minimum Gasteiger partial charge on any atom is -0.480 e. The molecule has 0 aliphatic carbocycles. The number of carboxylic acid groups (broad SMARTS) is 1. The van der Waals surface area contributed by atoms with Gasteiger partial charge in [0.15, 0.2) is 0 Å². The minimum atomic E-state index is -1.12. The van der Waals surface area contributed by atoms with E-state index in [-0.39, 0.29) is 24.2 Å². The molecule has 0 aromatic rings. The summed E-state index contributed by atoms with van der Waals surface area (Å²) in [6.07, 6.45) is 2.91. The molecule has 3 amide bonds. The van der Waals surface area contributed by atoms with Crippen LogP contribution < -0.4 is 27.4 Å². The molecule has 0 saturated carbocycles. The molecule has 0 aromatic heterocycles. The normalized spacial score (nSPS) is 15.0. The van der Waals surface area contributed by atoms with Crippen LogP contribution in [0, 0.1) is 17.8 Å². The van der Waals surface area contributed by atoms with Crippen molar-refractivity contribution >= 4 is 23.7 Å². The first kappa shape index (κ1) is 31.8. The molecule has 8 N–H and O–H groups in total. The Hall–Kier alpha value is -2.20. The van der Waals surface area contributed by atoms with Crippen LogP contribution in [0.15, 0.2) is 0 Å². The highest BCUT2D eigenvalue weighted by Gasteiger charge is 2.31. The Balaban J connectivity index is 5.43. The molecule has 4 atom stereocenters. The summed E-state index contributed by atoms with van der Waals surface area (Å²) >= 11 is 0. The average molecular weight is 486 g/mol. The highest BCUT2D eigenvalue weighted by Crippen LogP contribution is 2.11. The van der Waals surface area contributed by atoms with Crippen LogP contribution in [-0.2, 0) is 19.2 Å². The molecule has 0 aromatic carbocycles. The van der Waals surface area contributed by atoms with Crippen molar-refractivity contribution in [2.24, 2.45) is 29.2 Å². The highest BCUT2D eigenvalue weighted by atomic mass is 16.4.